The number of benzene rings is 1. The molecule has 0 aliphatic rings. The Balaban J connectivity index is 1.98. The van der Waals surface area contributed by atoms with Crippen LogP contribution < -0.4 is 10.9 Å². The third-order valence-electron chi connectivity index (χ3n) is 3.84. The molecule has 2 rings (SSSR count). The van der Waals surface area contributed by atoms with Crippen LogP contribution in [-0.4, -0.2) is 21.6 Å². The molecule has 0 spiro atoms. The molecule has 0 saturated heterocycles. The smallest absolute Gasteiger partial charge is 0.272 e. The lowest BCUT2D eigenvalue weighted by atomic mass is 10.1. The molecule has 134 valence electrons. The number of carbonyl (C=O) groups excluding carboxylic acids is 2. The number of hydrazine groups is 1. The summed E-state index contributed by atoms with van der Waals surface area (Å²) in [6.45, 7) is 8.74. The van der Waals surface area contributed by atoms with Gasteiger partial charge in [0.1, 0.15) is 5.82 Å². The van der Waals surface area contributed by atoms with Gasteiger partial charge in [0.2, 0.25) is 5.91 Å². The molecule has 0 aliphatic heterocycles. The highest BCUT2D eigenvalue weighted by molar-refractivity contribution is 5.95. The van der Waals surface area contributed by atoms with Gasteiger partial charge in [0.15, 0.2) is 0 Å². The summed E-state index contributed by atoms with van der Waals surface area (Å²) in [4.78, 5) is 24.0. The van der Waals surface area contributed by atoms with Crippen molar-refractivity contribution >= 4 is 11.8 Å². The van der Waals surface area contributed by atoms with Gasteiger partial charge in [-0.05, 0) is 31.9 Å². The first kappa shape index (κ1) is 18.6. The Hall–Kier alpha value is -2.70. The molecule has 2 amide bonds. The second-order valence-corrected chi connectivity index (χ2v) is 6.38. The van der Waals surface area contributed by atoms with Crippen molar-refractivity contribution < 1.29 is 14.0 Å². The Bertz CT molecular complexity index is 783. The molecule has 6 nitrogen and oxygen atoms in total. The van der Waals surface area contributed by atoms with E-state index in [-0.39, 0.29) is 17.9 Å². The van der Waals surface area contributed by atoms with Crippen LogP contribution in [0.15, 0.2) is 24.3 Å². The van der Waals surface area contributed by atoms with Gasteiger partial charge in [-0.3, -0.25) is 25.1 Å². The van der Waals surface area contributed by atoms with Crippen molar-refractivity contribution in [3.8, 4) is 0 Å². The largest absolute Gasteiger partial charge is 0.273 e. The van der Waals surface area contributed by atoms with Crippen LogP contribution in [0.3, 0.4) is 0 Å². The van der Waals surface area contributed by atoms with Crippen LogP contribution in [0, 0.1) is 25.6 Å². The number of hydrogen-bond donors (Lipinski definition) is 2. The lowest BCUT2D eigenvalue weighted by Gasteiger charge is -2.09. The zero-order chi connectivity index (χ0) is 18.6. The number of hydrogen-bond acceptors (Lipinski definition) is 3. The van der Waals surface area contributed by atoms with Crippen molar-refractivity contribution in [2.75, 3.05) is 0 Å². The van der Waals surface area contributed by atoms with E-state index in [9.17, 15) is 14.0 Å². The van der Waals surface area contributed by atoms with Crippen molar-refractivity contribution in [2.45, 2.75) is 40.7 Å². The summed E-state index contributed by atoms with van der Waals surface area (Å²) in [6, 6.07) is 5.58. The monoisotopic (exact) mass is 346 g/mol. The number of aromatic nitrogens is 2. The minimum atomic E-state index is -0.699. The summed E-state index contributed by atoms with van der Waals surface area (Å²) >= 11 is 0. The molecular weight excluding hydrogens is 323 g/mol. The fraction of sp³-hybridized carbons (Fsp3) is 0.389. The molecule has 0 atom stereocenters. The molecule has 25 heavy (non-hydrogen) atoms. The summed E-state index contributed by atoms with van der Waals surface area (Å²) in [5, 5.41) is 4.46. The van der Waals surface area contributed by atoms with Gasteiger partial charge in [-0.25, -0.2) is 4.39 Å². The number of rotatable bonds is 5. The van der Waals surface area contributed by atoms with E-state index in [4.69, 9.17) is 0 Å². The van der Waals surface area contributed by atoms with E-state index < -0.39 is 11.7 Å². The molecule has 0 bridgehead atoms. The second-order valence-electron chi connectivity index (χ2n) is 6.38. The van der Waals surface area contributed by atoms with Gasteiger partial charge in [0.05, 0.1) is 17.7 Å². The quantitative estimate of drug-likeness (QED) is 0.816. The van der Waals surface area contributed by atoms with E-state index in [1.165, 1.54) is 18.2 Å². The maximum Gasteiger partial charge on any atom is 0.272 e. The van der Waals surface area contributed by atoms with Gasteiger partial charge in [-0.15, -0.1) is 0 Å². The van der Waals surface area contributed by atoms with Crippen molar-refractivity contribution in [3.05, 3.63) is 52.6 Å². The maximum absolute atomic E-state index is 13.5. The Morgan fingerprint density at radius 1 is 1.20 bits per heavy atom. The number of aryl methyl sites for hydroxylation is 1. The topological polar surface area (TPSA) is 76.0 Å². The average Bonchev–Trinajstić information content (AvgIpc) is 2.80. The van der Waals surface area contributed by atoms with Gasteiger partial charge >= 0.3 is 0 Å². The Morgan fingerprint density at radius 3 is 2.52 bits per heavy atom. The standard InChI is InChI=1S/C18H23FN4O2/c1-11(2)10-23-13(4)15(12(3)22-23)9-17(24)20-21-18(25)14-7-5-6-8-16(14)19/h5-8,11H,9-10H2,1-4H3,(H,20,24)(H,21,25). The lowest BCUT2D eigenvalue weighted by molar-refractivity contribution is -0.121. The van der Waals surface area contributed by atoms with E-state index in [2.05, 4.69) is 29.8 Å². The van der Waals surface area contributed by atoms with Crippen molar-refractivity contribution in [1.82, 2.24) is 20.6 Å². The van der Waals surface area contributed by atoms with Crippen molar-refractivity contribution in [3.63, 3.8) is 0 Å². The average molecular weight is 346 g/mol. The number of halogens is 1. The summed E-state index contributed by atoms with van der Waals surface area (Å²) in [6.07, 6.45) is 0.0906. The molecule has 0 unspecified atom stereocenters. The molecule has 7 heteroatoms. The lowest BCUT2D eigenvalue weighted by Crippen LogP contribution is -2.42. The van der Waals surface area contributed by atoms with Crippen LogP contribution in [0.5, 0.6) is 0 Å². The fourth-order valence-electron chi connectivity index (χ4n) is 2.56. The van der Waals surface area contributed by atoms with Crippen LogP contribution in [0.25, 0.3) is 0 Å². The highest BCUT2D eigenvalue weighted by Gasteiger charge is 2.17. The first-order chi connectivity index (χ1) is 11.8. The molecule has 0 fully saturated rings. The summed E-state index contributed by atoms with van der Waals surface area (Å²) < 4.78 is 15.4. The first-order valence-corrected chi connectivity index (χ1v) is 8.16. The van der Waals surface area contributed by atoms with Crippen LogP contribution in [0.4, 0.5) is 4.39 Å². The minimum absolute atomic E-state index is 0.0906. The molecule has 0 radical (unpaired) electrons. The molecule has 2 N–H and O–H groups in total. The Morgan fingerprint density at radius 2 is 1.88 bits per heavy atom. The summed E-state index contributed by atoms with van der Waals surface area (Å²) in [7, 11) is 0. The van der Waals surface area contributed by atoms with Gasteiger partial charge in [-0.1, -0.05) is 26.0 Å². The molecule has 1 heterocycles. The number of amides is 2. The summed E-state index contributed by atoms with van der Waals surface area (Å²) in [5.41, 5.74) is 6.98. The highest BCUT2D eigenvalue weighted by atomic mass is 19.1. The Kier molecular flexibility index (Phi) is 5.90. The molecular formula is C18H23FN4O2. The molecule has 1 aromatic heterocycles. The highest BCUT2D eigenvalue weighted by Crippen LogP contribution is 2.15. The number of carbonyl (C=O) groups is 2. The number of nitrogens with zero attached hydrogens (tertiary/aromatic N) is 2. The van der Waals surface area contributed by atoms with E-state index >= 15 is 0 Å². The van der Waals surface area contributed by atoms with Crippen LogP contribution in [-0.2, 0) is 17.8 Å². The zero-order valence-corrected chi connectivity index (χ0v) is 14.9. The molecule has 0 saturated carbocycles. The fourth-order valence-corrected chi connectivity index (χ4v) is 2.56. The molecule has 0 aliphatic carbocycles. The SMILES string of the molecule is Cc1nn(CC(C)C)c(C)c1CC(=O)NNC(=O)c1ccccc1F. The minimum Gasteiger partial charge on any atom is -0.273 e. The van der Waals surface area contributed by atoms with Gasteiger partial charge in [0, 0.05) is 17.8 Å². The van der Waals surface area contributed by atoms with E-state index in [0.717, 1.165) is 23.5 Å². The normalized spacial score (nSPS) is 10.8. The third-order valence-corrected chi connectivity index (χ3v) is 3.84. The summed E-state index contributed by atoms with van der Waals surface area (Å²) in [5.74, 6) is -1.29. The van der Waals surface area contributed by atoms with Crippen LogP contribution >= 0.6 is 0 Å². The molecule has 1 aromatic carbocycles. The van der Waals surface area contributed by atoms with Gasteiger partial charge in [-0.2, -0.15) is 5.10 Å². The zero-order valence-electron chi connectivity index (χ0n) is 14.9. The second kappa shape index (κ2) is 7.92. The van der Waals surface area contributed by atoms with E-state index in [1.54, 1.807) is 6.07 Å². The maximum atomic E-state index is 13.5. The van der Waals surface area contributed by atoms with Gasteiger partial charge in [0.25, 0.3) is 5.91 Å². The van der Waals surface area contributed by atoms with Gasteiger partial charge < -0.3 is 0 Å². The predicted molar refractivity (Wildman–Crippen MR) is 92.3 cm³/mol. The van der Waals surface area contributed by atoms with Crippen LogP contribution in [0.1, 0.15) is 41.2 Å². The van der Waals surface area contributed by atoms with E-state index in [0.29, 0.717) is 5.92 Å². The van der Waals surface area contributed by atoms with Crippen LogP contribution in [0.2, 0.25) is 0 Å². The van der Waals surface area contributed by atoms with Crippen molar-refractivity contribution in [2.24, 2.45) is 5.92 Å². The molecule has 2 aromatic rings. The Labute approximate surface area is 146 Å². The van der Waals surface area contributed by atoms with Crippen molar-refractivity contribution in [1.29, 1.82) is 0 Å². The van der Waals surface area contributed by atoms with E-state index in [1.807, 2.05) is 18.5 Å². The number of nitrogens with one attached hydrogen (secondary N) is 2. The third kappa shape index (κ3) is 4.65. The first-order valence-electron chi connectivity index (χ1n) is 8.16. The predicted octanol–water partition coefficient (Wildman–Crippen LogP) is 2.30.